The minimum absolute atomic E-state index is 0.143. The SMILES string of the molecule is CC(=O)Oc1ccc(C(=O)CCN2CCCCC2)cc1. The molecule has 0 unspecified atom stereocenters. The van der Waals surface area contributed by atoms with Crippen molar-refractivity contribution in [1.82, 2.24) is 4.90 Å². The van der Waals surface area contributed by atoms with Crippen molar-refractivity contribution in [2.45, 2.75) is 32.6 Å². The summed E-state index contributed by atoms with van der Waals surface area (Å²) >= 11 is 0. The zero-order valence-electron chi connectivity index (χ0n) is 11.9. The van der Waals surface area contributed by atoms with Crippen LogP contribution in [0, 0.1) is 0 Å². The third kappa shape index (κ3) is 4.46. The van der Waals surface area contributed by atoms with Crippen LogP contribution in [0.15, 0.2) is 24.3 Å². The molecule has 1 heterocycles. The van der Waals surface area contributed by atoms with Gasteiger partial charge in [0, 0.05) is 25.5 Å². The van der Waals surface area contributed by atoms with Gasteiger partial charge in [-0.2, -0.15) is 0 Å². The molecule has 1 aliphatic rings. The predicted molar refractivity (Wildman–Crippen MR) is 77.0 cm³/mol. The fourth-order valence-electron chi connectivity index (χ4n) is 2.46. The average Bonchev–Trinajstić information content (AvgIpc) is 2.46. The Balaban J connectivity index is 1.83. The van der Waals surface area contributed by atoms with E-state index in [4.69, 9.17) is 4.74 Å². The van der Waals surface area contributed by atoms with Gasteiger partial charge in [-0.05, 0) is 50.2 Å². The van der Waals surface area contributed by atoms with Crippen LogP contribution in [0.25, 0.3) is 0 Å². The number of ketones is 1. The third-order valence-corrected chi connectivity index (χ3v) is 3.54. The molecule has 0 aromatic heterocycles. The molecule has 1 fully saturated rings. The van der Waals surface area contributed by atoms with Crippen molar-refractivity contribution in [2.24, 2.45) is 0 Å². The molecule has 1 aromatic rings. The number of ether oxygens (including phenoxy) is 1. The highest BCUT2D eigenvalue weighted by molar-refractivity contribution is 5.96. The van der Waals surface area contributed by atoms with Crippen molar-refractivity contribution in [2.75, 3.05) is 19.6 Å². The van der Waals surface area contributed by atoms with Gasteiger partial charge in [-0.3, -0.25) is 9.59 Å². The quantitative estimate of drug-likeness (QED) is 0.471. The zero-order valence-corrected chi connectivity index (χ0v) is 11.9. The lowest BCUT2D eigenvalue weighted by molar-refractivity contribution is -0.131. The zero-order chi connectivity index (χ0) is 14.4. The highest BCUT2D eigenvalue weighted by atomic mass is 16.5. The van der Waals surface area contributed by atoms with E-state index in [-0.39, 0.29) is 11.8 Å². The molecule has 4 heteroatoms. The Morgan fingerprint density at radius 3 is 2.35 bits per heavy atom. The Morgan fingerprint density at radius 1 is 1.10 bits per heavy atom. The first kappa shape index (κ1) is 14.7. The molecule has 0 bridgehead atoms. The number of piperidine rings is 1. The van der Waals surface area contributed by atoms with Crippen molar-refractivity contribution >= 4 is 11.8 Å². The molecule has 4 nitrogen and oxygen atoms in total. The molecular weight excluding hydrogens is 254 g/mol. The summed E-state index contributed by atoms with van der Waals surface area (Å²) in [5.41, 5.74) is 0.679. The number of esters is 1. The summed E-state index contributed by atoms with van der Waals surface area (Å²) in [6, 6.07) is 6.76. The van der Waals surface area contributed by atoms with E-state index in [0.717, 1.165) is 19.6 Å². The fourth-order valence-corrected chi connectivity index (χ4v) is 2.46. The number of hydrogen-bond acceptors (Lipinski definition) is 4. The minimum atomic E-state index is -0.353. The largest absolute Gasteiger partial charge is 0.427 e. The molecular formula is C16H21NO3. The predicted octanol–water partition coefficient (Wildman–Crippen LogP) is 2.67. The third-order valence-electron chi connectivity index (χ3n) is 3.54. The van der Waals surface area contributed by atoms with E-state index in [9.17, 15) is 9.59 Å². The van der Waals surface area contributed by atoms with E-state index in [1.807, 2.05) is 0 Å². The molecule has 1 aliphatic heterocycles. The van der Waals surface area contributed by atoms with Gasteiger partial charge in [0.15, 0.2) is 5.78 Å². The molecule has 1 saturated heterocycles. The van der Waals surface area contributed by atoms with Crippen molar-refractivity contribution in [3.8, 4) is 5.75 Å². The lowest BCUT2D eigenvalue weighted by Gasteiger charge is -2.25. The average molecular weight is 275 g/mol. The second kappa shape index (κ2) is 7.20. The van der Waals surface area contributed by atoms with Gasteiger partial charge in [-0.1, -0.05) is 6.42 Å². The number of hydrogen-bond donors (Lipinski definition) is 0. The van der Waals surface area contributed by atoms with E-state index in [0.29, 0.717) is 17.7 Å². The summed E-state index contributed by atoms with van der Waals surface area (Å²) in [6.07, 6.45) is 4.34. The number of benzene rings is 1. The molecule has 20 heavy (non-hydrogen) atoms. The Labute approximate surface area is 119 Å². The van der Waals surface area contributed by atoms with Crippen LogP contribution in [0.4, 0.5) is 0 Å². The summed E-state index contributed by atoms with van der Waals surface area (Å²) in [4.78, 5) is 25.3. The molecule has 0 aliphatic carbocycles. The number of likely N-dealkylation sites (tertiary alicyclic amines) is 1. The van der Waals surface area contributed by atoms with E-state index < -0.39 is 0 Å². The van der Waals surface area contributed by atoms with Crippen LogP contribution in [0.5, 0.6) is 5.75 Å². The maximum absolute atomic E-state index is 12.1. The van der Waals surface area contributed by atoms with Crippen LogP contribution in [0.2, 0.25) is 0 Å². The van der Waals surface area contributed by atoms with E-state index in [2.05, 4.69) is 4.90 Å². The molecule has 0 N–H and O–H groups in total. The Hall–Kier alpha value is -1.68. The summed E-state index contributed by atoms with van der Waals surface area (Å²) in [5, 5.41) is 0. The first-order valence-corrected chi connectivity index (χ1v) is 7.19. The maximum Gasteiger partial charge on any atom is 0.308 e. The van der Waals surface area contributed by atoms with E-state index in [1.165, 1.54) is 26.2 Å². The lowest BCUT2D eigenvalue weighted by Crippen LogP contribution is -2.31. The molecule has 0 amide bonds. The summed E-state index contributed by atoms with van der Waals surface area (Å²) in [6.45, 7) is 4.42. The molecule has 0 spiro atoms. The number of rotatable bonds is 5. The number of carbonyl (C=O) groups excluding carboxylic acids is 2. The van der Waals surface area contributed by atoms with Gasteiger partial charge in [-0.25, -0.2) is 0 Å². The molecule has 0 saturated carbocycles. The van der Waals surface area contributed by atoms with Crippen LogP contribution < -0.4 is 4.74 Å². The normalized spacial score (nSPS) is 15.8. The first-order valence-electron chi connectivity index (χ1n) is 7.19. The Morgan fingerprint density at radius 2 is 1.75 bits per heavy atom. The number of Topliss-reactive ketones (excluding diaryl/α,β-unsaturated/α-hetero) is 1. The number of carbonyl (C=O) groups is 2. The summed E-state index contributed by atoms with van der Waals surface area (Å²) < 4.78 is 4.95. The van der Waals surface area contributed by atoms with Crippen LogP contribution >= 0.6 is 0 Å². The summed E-state index contributed by atoms with van der Waals surface area (Å²) in [5.74, 6) is 0.268. The van der Waals surface area contributed by atoms with Gasteiger partial charge in [0.05, 0.1) is 0 Å². The number of nitrogens with zero attached hydrogens (tertiary/aromatic N) is 1. The van der Waals surface area contributed by atoms with Gasteiger partial charge >= 0.3 is 5.97 Å². The topological polar surface area (TPSA) is 46.6 Å². The monoisotopic (exact) mass is 275 g/mol. The maximum atomic E-state index is 12.1. The van der Waals surface area contributed by atoms with Gasteiger partial charge in [0.2, 0.25) is 0 Å². The standard InChI is InChI=1S/C16H21NO3/c1-13(18)20-15-7-5-14(6-8-15)16(19)9-12-17-10-3-2-4-11-17/h5-8H,2-4,9-12H2,1H3. The first-order chi connectivity index (χ1) is 9.65. The van der Waals surface area contributed by atoms with Gasteiger partial charge in [-0.15, -0.1) is 0 Å². The van der Waals surface area contributed by atoms with Gasteiger partial charge in [0.25, 0.3) is 0 Å². The molecule has 1 aromatic carbocycles. The van der Waals surface area contributed by atoms with Gasteiger partial charge in [0.1, 0.15) is 5.75 Å². The highest BCUT2D eigenvalue weighted by Gasteiger charge is 2.12. The molecule has 0 radical (unpaired) electrons. The van der Waals surface area contributed by atoms with Crippen molar-refractivity contribution < 1.29 is 14.3 Å². The van der Waals surface area contributed by atoms with E-state index in [1.54, 1.807) is 24.3 Å². The van der Waals surface area contributed by atoms with Crippen LogP contribution in [-0.2, 0) is 4.79 Å². The van der Waals surface area contributed by atoms with Crippen molar-refractivity contribution in [1.29, 1.82) is 0 Å². The van der Waals surface area contributed by atoms with Crippen LogP contribution in [0.1, 0.15) is 43.0 Å². The Bertz CT molecular complexity index is 461. The highest BCUT2D eigenvalue weighted by Crippen LogP contribution is 2.15. The van der Waals surface area contributed by atoms with Crippen LogP contribution in [-0.4, -0.2) is 36.3 Å². The molecule has 108 valence electrons. The smallest absolute Gasteiger partial charge is 0.308 e. The molecule has 0 atom stereocenters. The molecule has 2 rings (SSSR count). The minimum Gasteiger partial charge on any atom is -0.427 e. The van der Waals surface area contributed by atoms with Crippen molar-refractivity contribution in [3.63, 3.8) is 0 Å². The summed E-state index contributed by atoms with van der Waals surface area (Å²) in [7, 11) is 0. The van der Waals surface area contributed by atoms with Crippen LogP contribution in [0.3, 0.4) is 0 Å². The second-order valence-electron chi connectivity index (χ2n) is 5.19. The Kier molecular flexibility index (Phi) is 5.30. The lowest BCUT2D eigenvalue weighted by atomic mass is 10.1. The second-order valence-corrected chi connectivity index (χ2v) is 5.19. The van der Waals surface area contributed by atoms with E-state index >= 15 is 0 Å². The van der Waals surface area contributed by atoms with Crippen molar-refractivity contribution in [3.05, 3.63) is 29.8 Å². The van der Waals surface area contributed by atoms with Gasteiger partial charge < -0.3 is 9.64 Å². The fraction of sp³-hybridized carbons (Fsp3) is 0.500.